The summed E-state index contributed by atoms with van der Waals surface area (Å²) in [5.74, 6) is -2.05. The molecule has 1 spiro atoms. The average Bonchev–Trinajstić information content (AvgIpc) is 3.15. The van der Waals surface area contributed by atoms with Gasteiger partial charge in [-0.2, -0.15) is 26.3 Å². The number of benzene rings is 1. The molecule has 7 nitrogen and oxygen atoms in total. The van der Waals surface area contributed by atoms with Gasteiger partial charge < -0.3 is 14.7 Å². The van der Waals surface area contributed by atoms with Gasteiger partial charge in [0.05, 0.1) is 30.0 Å². The number of rotatable bonds is 1. The maximum absolute atomic E-state index is 13.4. The van der Waals surface area contributed by atoms with E-state index in [0.717, 1.165) is 12.1 Å². The van der Waals surface area contributed by atoms with Gasteiger partial charge in [0.25, 0.3) is 0 Å². The van der Waals surface area contributed by atoms with Crippen LogP contribution in [0.1, 0.15) is 54.3 Å². The molecule has 0 bridgehead atoms. The van der Waals surface area contributed by atoms with Crippen LogP contribution in [0.2, 0.25) is 0 Å². The van der Waals surface area contributed by atoms with Crippen molar-refractivity contribution in [2.45, 2.75) is 55.9 Å². The summed E-state index contributed by atoms with van der Waals surface area (Å²) in [5.41, 5.74) is -1.96. The molecule has 0 unspecified atom stereocenters. The van der Waals surface area contributed by atoms with Gasteiger partial charge in [0.2, 0.25) is 0 Å². The molecule has 1 N–H and O–H groups in total. The summed E-state index contributed by atoms with van der Waals surface area (Å²) in [5, 5.41) is 18.0. The zero-order valence-corrected chi connectivity index (χ0v) is 17.5. The van der Waals surface area contributed by atoms with E-state index in [-0.39, 0.29) is 36.3 Å². The lowest BCUT2D eigenvalue weighted by molar-refractivity contribution is -0.204. The van der Waals surface area contributed by atoms with Crippen LogP contribution in [0.3, 0.4) is 0 Å². The Labute approximate surface area is 183 Å². The minimum absolute atomic E-state index is 0.00299. The molecule has 4 rings (SSSR count). The molecule has 1 amide bonds. The molecule has 1 aromatic carbocycles. The van der Waals surface area contributed by atoms with Crippen molar-refractivity contribution >= 4 is 5.91 Å². The second-order valence-corrected chi connectivity index (χ2v) is 8.42. The van der Waals surface area contributed by atoms with Gasteiger partial charge in [-0.1, -0.05) is 11.3 Å². The topological polar surface area (TPSA) is 80.5 Å². The Kier molecular flexibility index (Phi) is 5.47. The first-order valence-corrected chi connectivity index (χ1v) is 10.0. The number of piperidine rings is 1. The molecular weight excluding hydrogens is 458 g/mol. The van der Waals surface area contributed by atoms with Crippen LogP contribution in [0, 0.1) is 0 Å². The summed E-state index contributed by atoms with van der Waals surface area (Å²) in [6.45, 7) is 1.06. The summed E-state index contributed by atoms with van der Waals surface area (Å²) in [7, 11) is 1.51. The number of hydrogen-bond donors (Lipinski definition) is 1. The van der Waals surface area contributed by atoms with Crippen LogP contribution in [0.5, 0.6) is 0 Å². The number of aliphatic hydroxyl groups excluding tert-OH is 1. The van der Waals surface area contributed by atoms with Crippen LogP contribution in [0.4, 0.5) is 26.3 Å². The van der Waals surface area contributed by atoms with Crippen LogP contribution < -0.4 is 0 Å². The third-order valence-electron chi connectivity index (χ3n) is 6.14. The molecule has 180 valence electrons. The summed E-state index contributed by atoms with van der Waals surface area (Å²) >= 11 is 0. The van der Waals surface area contributed by atoms with Gasteiger partial charge in [0.1, 0.15) is 11.8 Å². The van der Waals surface area contributed by atoms with Gasteiger partial charge in [-0.3, -0.25) is 9.48 Å². The number of aromatic nitrogens is 3. The third-order valence-corrected chi connectivity index (χ3v) is 6.14. The van der Waals surface area contributed by atoms with Crippen molar-refractivity contribution < 1.29 is 41.0 Å². The molecule has 2 aliphatic rings. The van der Waals surface area contributed by atoms with Crippen molar-refractivity contribution in [3.05, 3.63) is 46.8 Å². The highest BCUT2D eigenvalue weighted by Gasteiger charge is 2.55. The number of nitrogens with zero attached hydrogens (tertiary/aromatic N) is 4. The predicted octanol–water partition coefficient (Wildman–Crippen LogP) is 3.41. The number of carbonyl (C=O) groups excluding carboxylic acids is 1. The van der Waals surface area contributed by atoms with Gasteiger partial charge in [0.15, 0.2) is 0 Å². The van der Waals surface area contributed by atoms with Gasteiger partial charge in [-0.25, -0.2) is 0 Å². The Morgan fingerprint density at radius 2 is 1.91 bits per heavy atom. The van der Waals surface area contributed by atoms with E-state index >= 15 is 0 Å². The van der Waals surface area contributed by atoms with Crippen LogP contribution in [0.25, 0.3) is 0 Å². The molecular formula is C20H20F6N4O3. The highest BCUT2D eigenvalue weighted by atomic mass is 19.4. The van der Waals surface area contributed by atoms with Crippen LogP contribution in [-0.2, 0) is 28.4 Å². The van der Waals surface area contributed by atoms with E-state index in [0.29, 0.717) is 4.90 Å². The number of aryl methyl sites for hydroxylation is 1. The first-order chi connectivity index (χ1) is 15.2. The minimum Gasteiger partial charge on any atom is -0.386 e. The summed E-state index contributed by atoms with van der Waals surface area (Å²) in [6, 6.07) is 0.645. The van der Waals surface area contributed by atoms with E-state index < -0.39 is 47.6 Å². The smallest absolute Gasteiger partial charge is 0.386 e. The van der Waals surface area contributed by atoms with Crippen molar-refractivity contribution in [2.24, 2.45) is 7.05 Å². The highest BCUT2D eigenvalue weighted by molar-refractivity contribution is 5.82. The molecule has 13 heteroatoms. The molecule has 1 saturated heterocycles. The Bertz CT molecular complexity index is 1070. The lowest BCUT2D eigenvalue weighted by Crippen LogP contribution is -2.57. The summed E-state index contributed by atoms with van der Waals surface area (Å²) < 4.78 is 87.0. The standard InChI is InChI=1S/C20H20F6N4O3/c1-10-6-18(13-4-3-11(19(21,22)23)5-12(13)16(31)9-33-18)7-15(14-8-29(2)28-27-14)30(10)17(32)20(24,25)26/h3-5,8,10,15-16,31H,6-7,9H2,1-2H3/t10-,15-,16+,18-/m0/s1. The van der Waals surface area contributed by atoms with E-state index in [9.17, 15) is 36.2 Å². The number of carbonyl (C=O) groups is 1. The second kappa shape index (κ2) is 7.69. The van der Waals surface area contributed by atoms with Crippen molar-refractivity contribution in [2.75, 3.05) is 6.61 Å². The zero-order chi connectivity index (χ0) is 24.3. The molecule has 2 aliphatic heterocycles. The summed E-state index contributed by atoms with van der Waals surface area (Å²) in [6.07, 6.45) is -10.1. The minimum atomic E-state index is -5.14. The molecule has 0 aliphatic carbocycles. The second-order valence-electron chi connectivity index (χ2n) is 8.42. The predicted molar refractivity (Wildman–Crippen MR) is 99.4 cm³/mol. The van der Waals surface area contributed by atoms with E-state index in [1.165, 1.54) is 30.9 Å². The molecule has 1 aromatic heterocycles. The lowest BCUT2D eigenvalue weighted by atomic mass is 9.73. The van der Waals surface area contributed by atoms with Crippen LogP contribution >= 0.6 is 0 Å². The fourth-order valence-corrected chi connectivity index (χ4v) is 4.80. The molecule has 4 atom stereocenters. The first kappa shape index (κ1) is 23.5. The highest BCUT2D eigenvalue weighted by Crippen LogP contribution is 2.52. The molecule has 3 heterocycles. The Morgan fingerprint density at radius 3 is 2.48 bits per heavy atom. The summed E-state index contributed by atoms with van der Waals surface area (Å²) in [4.78, 5) is 13.0. The largest absolute Gasteiger partial charge is 0.471 e. The Morgan fingerprint density at radius 1 is 1.21 bits per heavy atom. The fourth-order valence-electron chi connectivity index (χ4n) is 4.80. The number of alkyl halides is 6. The Balaban J connectivity index is 1.82. The molecule has 0 radical (unpaired) electrons. The van der Waals surface area contributed by atoms with Gasteiger partial charge in [0, 0.05) is 25.9 Å². The van der Waals surface area contributed by atoms with E-state index in [4.69, 9.17) is 4.74 Å². The van der Waals surface area contributed by atoms with E-state index in [1.807, 2.05) is 0 Å². The Hall–Kier alpha value is -2.67. The van der Waals surface area contributed by atoms with Crippen molar-refractivity contribution in [1.82, 2.24) is 19.9 Å². The fraction of sp³-hybridized carbons (Fsp3) is 0.550. The molecule has 1 fully saturated rings. The monoisotopic (exact) mass is 478 g/mol. The van der Waals surface area contributed by atoms with Crippen molar-refractivity contribution in [3.63, 3.8) is 0 Å². The van der Waals surface area contributed by atoms with Crippen LogP contribution in [0.15, 0.2) is 24.4 Å². The first-order valence-electron chi connectivity index (χ1n) is 10.0. The zero-order valence-electron chi connectivity index (χ0n) is 17.5. The number of amides is 1. The quantitative estimate of drug-likeness (QED) is 0.636. The molecule has 0 saturated carbocycles. The number of ether oxygens (including phenoxy) is 1. The van der Waals surface area contributed by atoms with Crippen LogP contribution in [-0.4, -0.2) is 49.7 Å². The van der Waals surface area contributed by atoms with Gasteiger partial charge in [-0.05, 0) is 30.2 Å². The maximum atomic E-state index is 13.4. The van der Waals surface area contributed by atoms with E-state index in [1.54, 1.807) is 0 Å². The number of halogens is 6. The molecule has 2 aromatic rings. The lowest BCUT2D eigenvalue weighted by Gasteiger charge is -2.52. The van der Waals surface area contributed by atoms with E-state index in [2.05, 4.69) is 10.3 Å². The maximum Gasteiger partial charge on any atom is 0.471 e. The van der Waals surface area contributed by atoms with Crippen molar-refractivity contribution in [3.8, 4) is 0 Å². The number of fused-ring (bicyclic) bond motifs is 2. The number of likely N-dealkylation sites (tertiary alicyclic amines) is 1. The average molecular weight is 478 g/mol. The van der Waals surface area contributed by atoms with Gasteiger partial charge in [-0.15, -0.1) is 5.10 Å². The van der Waals surface area contributed by atoms with Crippen molar-refractivity contribution in [1.29, 1.82) is 0 Å². The number of hydrogen-bond acceptors (Lipinski definition) is 5. The normalized spacial score (nSPS) is 28.2. The molecule has 33 heavy (non-hydrogen) atoms. The third kappa shape index (κ3) is 4.07. The number of aliphatic hydroxyl groups is 1. The SMILES string of the molecule is C[C@H]1C[C@@]2(C[C@@H](c3cn(C)nn3)N1C(=O)C(F)(F)F)OC[C@@H](O)c1cc(C(F)(F)F)ccc12. The van der Waals surface area contributed by atoms with Gasteiger partial charge >= 0.3 is 18.3 Å².